The minimum Gasteiger partial charge on any atom is -0.374 e. The van der Waals surface area contributed by atoms with Crippen LogP contribution in [0.3, 0.4) is 0 Å². The summed E-state index contributed by atoms with van der Waals surface area (Å²) in [7, 11) is 0. The van der Waals surface area contributed by atoms with Gasteiger partial charge < -0.3 is 4.74 Å². The minimum atomic E-state index is 0.0409. The van der Waals surface area contributed by atoms with Crippen molar-refractivity contribution in [3.63, 3.8) is 0 Å². The Morgan fingerprint density at radius 1 is 0.941 bits per heavy atom. The van der Waals surface area contributed by atoms with Crippen LogP contribution in [0, 0.1) is 0 Å². The molecule has 0 heterocycles. The first-order valence-corrected chi connectivity index (χ1v) is 8.09. The molecule has 1 nitrogen and oxygen atoms in total. The lowest BCUT2D eigenvalue weighted by molar-refractivity contribution is -0.0321. The third-order valence-electron chi connectivity index (χ3n) is 2.89. The Bertz CT molecular complexity index is 187. The first-order valence-electron chi connectivity index (χ1n) is 7.11. The summed E-state index contributed by atoms with van der Waals surface area (Å²) in [4.78, 5) is 0. The molecule has 0 rings (SSSR count). The maximum Gasteiger partial charge on any atom is 0.0627 e. The van der Waals surface area contributed by atoms with Crippen molar-refractivity contribution in [2.75, 3.05) is 12.4 Å². The normalized spacial score (nSPS) is 13.1. The Morgan fingerprint density at radius 2 is 1.59 bits per heavy atom. The average molecular weight is 260 g/mol. The molecule has 0 aromatic carbocycles. The molecule has 0 aromatic heterocycles. The standard InChI is InChI=1S/C15H32OS/c1-7-9-10-11-14(3,4)16-13-15(5,6)17-12-8-2/h7-13H2,1-6H3. The van der Waals surface area contributed by atoms with Gasteiger partial charge in [-0.3, -0.25) is 0 Å². The number of rotatable bonds is 10. The third-order valence-corrected chi connectivity index (χ3v) is 4.40. The number of hydrogen-bond acceptors (Lipinski definition) is 2. The molecule has 0 N–H and O–H groups in total. The van der Waals surface area contributed by atoms with Crippen LogP contribution in [0.15, 0.2) is 0 Å². The van der Waals surface area contributed by atoms with Gasteiger partial charge in [-0.05, 0) is 46.3 Å². The lowest BCUT2D eigenvalue weighted by atomic mass is 10.0. The average Bonchev–Trinajstić information content (AvgIpc) is 2.25. The van der Waals surface area contributed by atoms with Crippen molar-refractivity contribution in [1.29, 1.82) is 0 Å². The Hall–Kier alpha value is 0.310. The Morgan fingerprint density at radius 3 is 2.12 bits per heavy atom. The Balaban J connectivity index is 3.89. The van der Waals surface area contributed by atoms with Crippen molar-refractivity contribution >= 4 is 11.8 Å². The maximum absolute atomic E-state index is 6.12. The second-order valence-corrected chi connectivity index (χ2v) is 7.92. The van der Waals surface area contributed by atoms with Gasteiger partial charge in [-0.25, -0.2) is 0 Å². The highest BCUT2D eigenvalue weighted by Gasteiger charge is 2.24. The van der Waals surface area contributed by atoms with E-state index in [0.717, 1.165) is 6.61 Å². The molecule has 0 aromatic rings. The zero-order valence-electron chi connectivity index (χ0n) is 12.8. The largest absolute Gasteiger partial charge is 0.374 e. The highest BCUT2D eigenvalue weighted by Crippen LogP contribution is 2.28. The molecule has 104 valence electrons. The van der Waals surface area contributed by atoms with Gasteiger partial charge in [0.2, 0.25) is 0 Å². The van der Waals surface area contributed by atoms with Gasteiger partial charge in [0, 0.05) is 4.75 Å². The van der Waals surface area contributed by atoms with Crippen LogP contribution in [0.25, 0.3) is 0 Å². The van der Waals surface area contributed by atoms with Crippen LogP contribution in [-0.2, 0) is 4.74 Å². The van der Waals surface area contributed by atoms with Crippen LogP contribution >= 0.6 is 11.8 Å². The van der Waals surface area contributed by atoms with Gasteiger partial charge in [0.15, 0.2) is 0 Å². The third kappa shape index (κ3) is 9.96. The van der Waals surface area contributed by atoms with Gasteiger partial charge in [-0.1, -0.05) is 33.1 Å². The molecule has 0 saturated carbocycles. The molecule has 0 fully saturated rings. The van der Waals surface area contributed by atoms with Crippen molar-refractivity contribution in [3.05, 3.63) is 0 Å². The van der Waals surface area contributed by atoms with E-state index in [-0.39, 0.29) is 10.3 Å². The second kappa shape index (κ2) is 8.42. The van der Waals surface area contributed by atoms with Crippen LogP contribution in [-0.4, -0.2) is 22.7 Å². The molecule has 0 aliphatic carbocycles. The van der Waals surface area contributed by atoms with Gasteiger partial charge >= 0.3 is 0 Å². The fourth-order valence-corrected chi connectivity index (χ4v) is 2.56. The van der Waals surface area contributed by atoms with Crippen LogP contribution in [0.2, 0.25) is 0 Å². The highest BCUT2D eigenvalue weighted by molar-refractivity contribution is 8.00. The Labute approximate surface area is 113 Å². The topological polar surface area (TPSA) is 9.23 Å². The number of hydrogen-bond donors (Lipinski definition) is 0. The van der Waals surface area contributed by atoms with Crippen molar-refractivity contribution in [2.45, 2.75) is 84.0 Å². The first-order chi connectivity index (χ1) is 7.83. The quantitative estimate of drug-likeness (QED) is 0.494. The van der Waals surface area contributed by atoms with E-state index < -0.39 is 0 Å². The molecule has 0 saturated heterocycles. The summed E-state index contributed by atoms with van der Waals surface area (Å²) in [6, 6.07) is 0. The second-order valence-electron chi connectivity index (χ2n) is 6.11. The Kier molecular flexibility index (Phi) is 8.57. The summed E-state index contributed by atoms with van der Waals surface area (Å²) < 4.78 is 6.37. The predicted octanol–water partition coefficient (Wildman–Crippen LogP) is 5.28. The molecule has 2 heteroatoms. The SMILES string of the molecule is CCCCCC(C)(C)OCC(C)(C)SCCC. The van der Waals surface area contributed by atoms with E-state index in [1.807, 2.05) is 11.8 Å². The van der Waals surface area contributed by atoms with Gasteiger partial charge in [-0.2, -0.15) is 11.8 Å². The molecular formula is C15H32OS. The number of unbranched alkanes of at least 4 members (excludes halogenated alkanes) is 2. The smallest absolute Gasteiger partial charge is 0.0627 e. The lowest BCUT2D eigenvalue weighted by Gasteiger charge is -2.31. The van der Waals surface area contributed by atoms with Crippen LogP contribution < -0.4 is 0 Å². The lowest BCUT2D eigenvalue weighted by Crippen LogP contribution is -2.32. The fraction of sp³-hybridized carbons (Fsp3) is 1.00. The summed E-state index contributed by atoms with van der Waals surface area (Å²) in [5.41, 5.74) is 0.0409. The van der Waals surface area contributed by atoms with Gasteiger partial charge in [0.25, 0.3) is 0 Å². The number of thioether (sulfide) groups is 1. The molecular weight excluding hydrogens is 228 g/mol. The zero-order chi connectivity index (χ0) is 13.4. The summed E-state index contributed by atoms with van der Waals surface area (Å²) in [6.45, 7) is 14.4. The first kappa shape index (κ1) is 17.3. The van der Waals surface area contributed by atoms with E-state index in [2.05, 4.69) is 41.5 Å². The monoisotopic (exact) mass is 260 g/mol. The molecule has 0 bridgehead atoms. The van der Waals surface area contributed by atoms with Crippen molar-refractivity contribution < 1.29 is 4.74 Å². The summed E-state index contributed by atoms with van der Waals surface area (Å²) in [6.07, 6.45) is 6.31. The summed E-state index contributed by atoms with van der Waals surface area (Å²) in [5.74, 6) is 1.23. The van der Waals surface area contributed by atoms with Crippen molar-refractivity contribution in [3.8, 4) is 0 Å². The highest BCUT2D eigenvalue weighted by atomic mass is 32.2. The molecule has 0 spiro atoms. The number of ether oxygens (including phenoxy) is 1. The van der Waals surface area contributed by atoms with E-state index in [1.54, 1.807) is 0 Å². The van der Waals surface area contributed by atoms with E-state index in [1.165, 1.54) is 37.9 Å². The molecule has 0 aliphatic heterocycles. The van der Waals surface area contributed by atoms with Crippen molar-refractivity contribution in [1.82, 2.24) is 0 Å². The molecule has 0 aliphatic rings. The molecule has 0 radical (unpaired) electrons. The predicted molar refractivity (Wildman–Crippen MR) is 81.0 cm³/mol. The molecule has 17 heavy (non-hydrogen) atoms. The van der Waals surface area contributed by atoms with Crippen LogP contribution in [0.5, 0.6) is 0 Å². The van der Waals surface area contributed by atoms with Gasteiger partial charge in [0.05, 0.1) is 12.2 Å². The zero-order valence-corrected chi connectivity index (χ0v) is 13.6. The molecule has 0 atom stereocenters. The van der Waals surface area contributed by atoms with Gasteiger partial charge in [0.1, 0.15) is 0 Å². The minimum absolute atomic E-state index is 0.0409. The summed E-state index contributed by atoms with van der Waals surface area (Å²) in [5, 5.41) is 0. The van der Waals surface area contributed by atoms with E-state index in [9.17, 15) is 0 Å². The fourth-order valence-electron chi connectivity index (χ4n) is 1.66. The van der Waals surface area contributed by atoms with E-state index >= 15 is 0 Å². The van der Waals surface area contributed by atoms with Crippen molar-refractivity contribution in [2.24, 2.45) is 0 Å². The molecule has 0 amide bonds. The summed E-state index contributed by atoms with van der Waals surface area (Å²) >= 11 is 2.02. The van der Waals surface area contributed by atoms with Gasteiger partial charge in [-0.15, -0.1) is 0 Å². The van der Waals surface area contributed by atoms with E-state index in [4.69, 9.17) is 4.74 Å². The van der Waals surface area contributed by atoms with Crippen LogP contribution in [0.1, 0.15) is 73.6 Å². The molecule has 0 unspecified atom stereocenters. The maximum atomic E-state index is 6.12. The van der Waals surface area contributed by atoms with E-state index in [0.29, 0.717) is 0 Å². The van der Waals surface area contributed by atoms with Crippen LogP contribution in [0.4, 0.5) is 0 Å².